The van der Waals surface area contributed by atoms with Crippen molar-refractivity contribution in [1.29, 1.82) is 0 Å². The second-order valence-electron chi connectivity index (χ2n) is 3.45. The molecule has 5 heteroatoms. The second kappa shape index (κ2) is 5.29. The molecule has 0 spiro atoms. The number of rotatable bonds is 4. The summed E-state index contributed by atoms with van der Waals surface area (Å²) in [6, 6.07) is 1.92. The van der Waals surface area contributed by atoms with Crippen molar-refractivity contribution in [3.8, 4) is 0 Å². The maximum Gasteiger partial charge on any atom is 0.270 e. The van der Waals surface area contributed by atoms with Crippen LogP contribution in [0, 0.1) is 0 Å². The van der Waals surface area contributed by atoms with E-state index in [0.29, 0.717) is 18.1 Å². The van der Waals surface area contributed by atoms with Crippen LogP contribution in [0.1, 0.15) is 31.3 Å². The number of carbonyl (C=O) groups excluding carboxylic acids is 1. The molecule has 1 heterocycles. The van der Waals surface area contributed by atoms with E-state index in [1.54, 1.807) is 6.07 Å². The third-order valence-electron chi connectivity index (χ3n) is 1.67. The summed E-state index contributed by atoms with van der Waals surface area (Å²) in [5.41, 5.74) is 0.384. The van der Waals surface area contributed by atoms with Crippen molar-refractivity contribution >= 4 is 11.7 Å². The Balaban J connectivity index is 2.78. The lowest BCUT2D eigenvalue weighted by molar-refractivity contribution is 0.0950. The molecule has 0 aromatic carbocycles. The van der Waals surface area contributed by atoms with Gasteiger partial charge in [0.05, 0.1) is 0 Å². The van der Waals surface area contributed by atoms with Gasteiger partial charge in [0, 0.05) is 18.7 Å². The van der Waals surface area contributed by atoms with E-state index in [-0.39, 0.29) is 11.9 Å². The van der Waals surface area contributed by atoms with Gasteiger partial charge in [0.15, 0.2) is 0 Å². The zero-order chi connectivity index (χ0) is 11.3. The molecular formula is C10H16N4O. The topological polar surface area (TPSA) is 66.9 Å². The van der Waals surface area contributed by atoms with E-state index in [9.17, 15) is 4.79 Å². The van der Waals surface area contributed by atoms with Gasteiger partial charge in [-0.3, -0.25) is 4.79 Å². The Hall–Kier alpha value is -1.65. The standard InChI is InChI=1S/C10H16N4O/c1-4-11-10(15)8-5-9(13-6-12-8)14-7(2)3/h5-7H,4H2,1-3H3,(H,11,15)(H,12,13,14). The van der Waals surface area contributed by atoms with E-state index in [4.69, 9.17) is 0 Å². The van der Waals surface area contributed by atoms with Crippen LogP contribution in [0.4, 0.5) is 5.82 Å². The maximum absolute atomic E-state index is 11.5. The van der Waals surface area contributed by atoms with Gasteiger partial charge in [-0.2, -0.15) is 0 Å². The van der Waals surface area contributed by atoms with Gasteiger partial charge in [-0.25, -0.2) is 9.97 Å². The van der Waals surface area contributed by atoms with Crippen molar-refractivity contribution in [3.63, 3.8) is 0 Å². The Kier molecular flexibility index (Phi) is 4.03. The highest BCUT2D eigenvalue weighted by molar-refractivity contribution is 5.92. The minimum Gasteiger partial charge on any atom is -0.368 e. The SMILES string of the molecule is CCNC(=O)c1cc(NC(C)C)ncn1. The summed E-state index contributed by atoms with van der Waals surface area (Å²) in [5, 5.41) is 5.80. The molecule has 0 saturated heterocycles. The summed E-state index contributed by atoms with van der Waals surface area (Å²) in [7, 11) is 0. The molecular weight excluding hydrogens is 192 g/mol. The van der Waals surface area contributed by atoms with Crippen molar-refractivity contribution in [3.05, 3.63) is 18.1 Å². The average molecular weight is 208 g/mol. The summed E-state index contributed by atoms with van der Waals surface area (Å²) in [5.74, 6) is 0.493. The smallest absolute Gasteiger partial charge is 0.270 e. The van der Waals surface area contributed by atoms with Crippen molar-refractivity contribution in [2.45, 2.75) is 26.8 Å². The molecule has 15 heavy (non-hydrogen) atoms. The lowest BCUT2D eigenvalue weighted by atomic mass is 10.3. The zero-order valence-electron chi connectivity index (χ0n) is 9.24. The number of hydrogen-bond acceptors (Lipinski definition) is 4. The van der Waals surface area contributed by atoms with E-state index in [1.165, 1.54) is 6.33 Å². The minimum absolute atomic E-state index is 0.174. The summed E-state index contributed by atoms with van der Waals surface area (Å²) >= 11 is 0. The van der Waals surface area contributed by atoms with Gasteiger partial charge in [-0.05, 0) is 20.8 Å². The van der Waals surface area contributed by atoms with Crippen molar-refractivity contribution in [2.75, 3.05) is 11.9 Å². The molecule has 1 rings (SSSR count). The fourth-order valence-corrected chi connectivity index (χ4v) is 1.11. The lowest BCUT2D eigenvalue weighted by Gasteiger charge is -2.09. The quantitative estimate of drug-likeness (QED) is 0.776. The number of aromatic nitrogens is 2. The van der Waals surface area contributed by atoms with Crippen LogP contribution < -0.4 is 10.6 Å². The van der Waals surface area contributed by atoms with Gasteiger partial charge in [-0.1, -0.05) is 0 Å². The normalized spacial score (nSPS) is 10.1. The second-order valence-corrected chi connectivity index (χ2v) is 3.45. The Morgan fingerprint density at radius 1 is 1.47 bits per heavy atom. The first-order chi connectivity index (χ1) is 7.13. The highest BCUT2D eigenvalue weighted by Crippen LogP contribution is 2.05. The van der Waals surface area contributed by atoms with Crippen molar-refractivity contribution in [2.24, 2.45) is 0 Å². The van der Waals surface area contributed by atoms with Crippen LogP contribution in [0.5, 0.6) is 0 Å². The molecule has 1 aromatic heterocycles. The van der Waals surface area contributed by atoms with Crippen molar-refractivity contribution in [1.82, 2.24) is 15.3 Å². The van der Waals surface area contributed by atoms with Gasteiger partial charge in [0.2, 0.25) is 0 Å². The molecule has 0 bridgehead atoms. The number of hydrogen-bond donors (Lipinski definition) is 2. The molecule has 0 fully saturated rings. The van der Waals surface area contributed by atoms with Crippen LogP contribution in [-0.2, 0) is 0 Å². The Morgan fingerprint density at radius 3 is 2.80 bits per heavy atom. The van der Waals surface area contributed by atoms with Gasteiger partial charge < -0.3 is 10.6 Å². The predicted molar refractivity (Wildman–Crippen MR) is 58.8 cm³/mol. The van der Waals surface area contributed by atoms with E-state index in [2.05, 4.69) is 20.6 Å². The van der Waals surface area contributed by atoms with E-state index in [1.807, 2.05) is 20.8 Å². The molecule has 0 radical (unpaired) electrons. The summed E-state index contributed by atoms with van der Waals surface area (Å²) < 4.78 is 0. The summed E-state index contributed by atoms with van der Waals surface area (Å²) in [6.45, 7) is 6.48. The molecule has 0 atom stereocenters. The number of anilines is 1. The fourth-order valence-electron chi connectivity index (χ4n) is 1.11. The minimum atomic E-state index is -0.174. The molecule has 0 saturated carbocycles. The summed E-state index contributed by atoms with van der Waals surface area (Å²) in [6.07, 6.45) is 1.38. The monoisotopic (exact) mass is 208 g/mol. The Morgan fingerprint density at radius 2 is 2.20 bits per heavy atom. The average Bonchev–Trinajstić information content (AvgIpc) is 2.17. The lowest BCUT2D eigenvalue weighted by Crippen LogP contribution is -2.24. The number of amides is 1. The zero-order valence-corrected chi connectivity index (χ0v) is 9.24. The first-order valence-electron chi connectivity index (χ1n) is 5.00. The fraction of sp³-hybridized carbons (Fsp3) is 0.500. The Labute approximate surface area is 89.3 Å². The number of nitrogens with one attached hydrogen (secondary N) is 2. The van der Waals surface area contributed by atoms with Crippen molar-refractivity contribution < 1.29 is 4.79 Å². The van der Waals surface area contributed by atoms with E-state index < -0.39 is 0 Å². The molecule has 0 aliphatic rings. The molecule has 82 valence electrons. The third kappa shape index (κ3) is 3.53. The van der Waals surface area contributed by atoms with Crippen LogP contribution in [0.3, 0.4) is 0 Å². The van der Waals surface area contributed by atoms with E-state index in [0.717, 1.165) is 0 Å². The highest BCUT2D eigenvalue weighted by Gasteiger charge is 2.07. The number of nitrogens with zero attached hydrogens (tertiary/aromatic N) is 2. The van der Waals surface area contributed by atoms with Gasteiger partial charge >= 0.3 is 0 Å². The van der Waals surface area contributed by atoms with Crippen LogP contribution in [0.15, 0.2) is 12.4 Å². The molecule has 1 aromatic rings. The van der Waals surface area contributed by atoms with E-state index >= 15 is 0 Å². The first-order valence-corrected chi connectivity index (χ1v) is 5.00. The van der Waals surface area contributed by atoms with Crippen LogP contribution in [0.25, 0.3) is 0 Å². The van der Waals surface area contributed by atoms with Crippen LogP contribution in [0.2, 0.25) is 0 Å². The van der Waals surface area contributed by atoms with Gasteiger partial charge in [-0.15, -0.1) is 0 Å². The summed E-state index contributed by atoms with van der Waals surface area (Å²) in [4.78, 5) is 19.4. The molecule has 0 aliphatic heterocycles. The first kappa shape index (κ1) is 11.4. The maximum atomic E-state index is 11.5. The largest absolute Gasteiger partial charge is 0.368 e. The third-order valence-corrected chi connectivity index (χ3v) is 1.67. The number of carbonyl (C=O) groups is 1. The van der Waals surface area contributed by atoms with Gasteiger partial charge in [0.25, 0.3) is 5.91 Å². The molecule has 0 unspecified atom stereocenters. The van der Waals surface area contributed by atoms with Gasteiger partial charge in [0.1, 0.15) is 17.8 Å². The molecule has 5 nitrogen and oxygen atoms in total. The predicted octanol–water partition coefficient (Wildman–Crippen LogP) is 1.05. The Bertz CT molecular complexity index is 338. The van der Waals surface area contributed by atoms with Crippen LogP contribution in [-0.4, -0.2) is 28.5 Å². The molecule has 1 amide bonds. The van der Waals surface area contributed by atoms with Crippen LogP contribution >= 0.6 is 0 Å². The molecule has 2 N–H and O–H groups in total. The highest BCUT2D eigenvalue weighted by atomic mass is 16.1. The molecule has 0 aliphatic carbocycles.